The summed E-state index contributed by atoms with van der Waals surface area (Å²) < 4.78 is 37.9. The predicted molar refractivity (Wildman–Crippen MR) is 55.5 cm³/mol. The minimum atomic E-state index is -3.50. The Balaban J connectivity index is 2.74. The number of hydrogen-bond donors (Lipinski definition) is 2. The number of nitrogens with one attached hydrogen (secondary N) is 2. The van der Waals surface area contributed by atoms with Crippen LogP contribution in [-0.4, -0.2) is 32.7 Å². The molecule has 0 amide bonds. The van der Waals surface area contributed by atoms with Gasteiger partial charge in [0.05, 0.1) is 17.6 Å². The molecule has 1 aromatic rings. The van der Waals surface area contributed by atoms with Crippen LogP contribution in [0.5, 0.6) is 0 Å². The van der Waals surface area contributed by atoms with E-state index in [1.165, 1.54) is 12.3 Å². The normalized spacial score (nSPS) is 11.3. The van der Waals surface area contributed by atoms with E-state index in [-0.39, 0.29) is 11.4 Å². The van der Waals surface area contributed by atoms with Gasteiger partial charge in [0.1, 0.15) is 0 Å². The van der Waals surface area contributed by atoms with Gasteiger partial charge in [-0.25, -0.2) is 12.8 Å². The molecule has 0 fully saturated rings. The molecular formula is C8H12FN3O2S. The average molecular weight is 233 g/mol. The number of anilines is 1. The molecule has 0 aliphatic heterocycles. The number of hydrogen-bond acceptors (Lipinski definition) is 4. The fourth-order valence-electron chi connectivity index (χ4n) is 0.913. The van der Waals surface area contributed by atoms with Crippen LogP contribution in [0, 0.1) is 5.82 Å². The van der Waals surface area contributed by atoms with E-state index < -0.39 is 15.8 Å². The third kappa shape index (κ3) is 3.80. The molecule has 0 unspecified atom stereocenters. The van der Waals surface area contributed by atoms with E-state index in [0.717, 1.165) is 6.20 Å². The molecule has 84 valence electrons. The standard InChI is InChI=1S/C8H12FN3O2S/c1-10-4-5-15(13,14)12-8-2-3-11-6-7(8)9/h2-3,6,10H,4-5H2,1H3,(H,11,12). The highest BCUT2D eigenvalue weighted by molar-refractivity contribution is 7.92. The summed E-state index contributed by atoms with van der Waals surface area (Å²) in [5.41, 5.74) is -0.0823. The van der Waals surface area contributed by atoms with Gasteiger partial charge < -0.3 is 5.32 Å². The highest BCUT2D eigenvalue weighted by Gasteiger charge is 2.11. The van der Waals surface area contributed by atoms with Crippen LogP contribution in [0.15, 0.2) is 18.5 Å². The van der Waals surface area contributed by atoms with Crippen LogP contribution < -0.4 is 10.0 Å². The Morgan fingerprint density at radius 2 is 2.27 bits per heavy atom. The molecular weight excluding hydrogens is 221 g/mol. The lowest BCUT2D eigenvalue weighted by Gasteiger charge is -2.07. The third-order valence-electron chi connectivity index (χ3n) is 1.66. The summed E-state index contributed by atoms with van der Waals surface area (Å²) in [6.45, 7) is 0.308. The summed E-state index contributed by atoms with van der Waals surface area (Å²) >= 11 is 0. The molecule has 1 rings (SSSR count). The highest BCUT2D eigenvalue weighted by Crippen LogP contribution is 2.12. The SMILES string of the molecule is CNCCS(=O)(=O)Nc1ccncc1F. The Morgan fingerprint density at radius 3 is 2.87 bits per heavy atom. The Bertz CT molecular complexity index is 422. The fourth-order valence-corrected chi connectivity index (χ4v) is 1.99. The Hall–Kier alpha value is -1.21. The molecule has 0 aliphatic carbocycles. The van der Waals surface area contributed by atoms with E-state index in [1.54, 1.807) is 7.05 Å². The Labute approximate surface area is 87.8 Å². The lowest BCUT2D eigenvalue weighted by molar-refractivity contribution is 0.595. The largest absolute Gasteiger partial charge is 0.319 e. The van der Waals surface area contributed by atoms with E-state index in [4.69, 9.17) is 0 Å². The average Bonchev–Trinajstić information content (AvgIpc) is 2.18. The van der Waals surface area contributed by atoms with Crippen LogP contribution in [0.2, 0.25) is 0 Å². The molecule has 0 saturated heterocycles. The van der Waals surface area contributed by atoms with Gasteiger partial charge in [0, 0.05) is 12.7 Å². The van der Waals surface area contributed by atoms with Crippen molar-refractivity contribution in [2.75, 3.05) is 24.1 Å². The number of aromatic nitrogens is 1. The van der Waals surface area contributed by atoms with E-state index >= 15 is 0 Å². The summed E-state index contributed by atoms with van der Waals surface area (Å²) in [5.74, 6) is -0.795. The van der Waals surface area contributed by atoms with Crippen molar-refractivity contribution in [1.82, 2.24) is 10.3 Å². The number of nitrogens with zero attached hydrogens (tertiary/aromatic N) is 1. The Morgan fingerprint density at radius 1 is 1.53 bits per heavy atom. The van der Waals surface area contributed by atoms with Gasteiger partial charge in [-0.2, -0.15) is 0 Å². The fraction of sp³-hybridized carbons (Fsp3) is 0.375. The number of halogens is 1. The first-order chi connectivity index (χ1) is 7.05. The van der Waals surface area contributed by atoms with Crippen molar-refractivity contribution in [3.05, 3.63) is 24.3 Å². The van der Waals surface area contributed by atoms with Gasteiger partial charge in [0.25, 0.3) is 0 Å². The van der Waals surface area contributed by atoms with Gasteiger partial charge in [0.2, 0.25) is 10.0 Å². The predicted octanol–water partition coefficient (Wildman–Crippen LogP) is 0.182. The second-order valence-electron chi connectivity index (χ2n) is 2.88. The molecule has 7 heteroatoms. The maximum Gasteiger partial charge on any atom is 0.234 e. The van der Waals surface area contributed by atoms with Crippen molar-refractivity contribution < 1.29 is 12.8 Å². The second kappa shape index (κ2) is 5.04. The molecule has 5 nitrogen and oxygen atoms in total. The minimum Gasteiger partial charge on any atom is -0.319 e. The van der Waals surface area contributed by atoms with Crippen molar-refractivity contribution in [2.24, 2.45) is 0 Å². The quantitative estimate of drug-likeness (QED) is 0.761. The highest BCUT2D eigenvalue weighted by atomic mass is 32.2. The molecule has 0 saturated carbocycles. The first kappa shape index (κ1) is 11.9. The van der Waals surface area contributed by atoms with Gasteiger partial charge in [-0.1, -0.05) is 0 Å². The van der Waals surface area contributed by atoms with Crippen molar-refractivity contribution in [2.45, 2.75) is 0 Å². The smallest absolute Gasteiger partial charge is 0.234 e. The minimum absolute atomic E-state index is 0.0823. The summed E-state index contributed by atoms with van der Waals surface area (Å²) in [4.78, 5) is 3.51. The molecule has 0 aliphatic rings. The molecule has 0 spiro atoms. The molecule has 0 atom stereocenters. The van der Waals surface area contributed by atoms with Crippen LogP contribution in [0.1, 0.15) is 0 Å². The van der Waals surface area contributed by atoms with Crippen molar-refractivity contribution in [3.63, 3.8) is 0 Å². The molecule has 2 N–H and O–H groups in total. The number of rotatable bonds is 5. The summed E-state index contributed by atoms with van der Waals surface area (Å²) in [6.07, 6.45) is 2.27. The van der Waals surface area contributed by atoms with Gasteiger partial charge >= 0.3 is 0 Å². The lowest BCUT2D eigenvalue weighted by Crippen LogP contribution is -2.24. The van der Waals surface area contributed by atoms with Gasteiger partial charge in [-0.05, 0) is 13.1 Å². The first-order valence-electron chi connectivity index (χ1n) is 4.30. The second-order valence-corrected chi connectivity index (χ2v) is 4.72. The van der Waals surface area contributed by atoms with Crippen LogP contribution in [0.4, 0.5) is 10.1 Å². The number of sulfonamides is 1. The van der Waals surface area contributed by atoms with Crippen molar-refractivity contribution in [1.29, 1.82) is 0 Å². The maximum absolute atomic E-state index is 13.0. The molecule has 0 bridgehead atoms. The zero-order chi connectivity index (χ0) is 11.3. The third-order valence-corrected chi connectivity index (χ3v) is 2.93. The summed E-state index contributed by atoms with van der Waals surface area (Å²) in [5, 5.41) is 2.70. The van der Waals surface area contributed by atoms with Crippen molar-refractivity contribution in [3.8, 4) is 0 Å². The Kier molecular flexibility index (Phi) is 3.98. The van der Waals surface area contributed by atoms with E-state index in [1.807, 2.05) is 0 Å². The van der Waals surface area contributed by atoms with Gasteiger partial charge in [-0.15, -0.1) is 0 Å². The van der Waals surface area contributed by atoms with Gasteiger partial charge in [-0.3, -0.25) is 9.71 Å². The molecule has 0 radical (unpaired) electrons. The zero-order valence-electron chi connectivity index (χ0n) is 8.20. The van der Waals surface area contributed by atoms with E-state index in [0.29, 0.717) is 6.54 Å². The van der Waals surface area contributed by atoms with E-state index in [9.17, 15) is 12.8 Å². The first-order valence-corrected chi connectivity index (χ1v) is 5.95. The van der Waals surface area contributed by atoms with Gasteiger partial charge in [0.15, 0.2) is 5.82 Å². The number of pyridine rings is 1. The van der Waals surface area contributed by atoms with E-state index in [2.05, 4.69) is 15.0 Å². The molecule has 0 aromatic carbocycles. The maximum atomic E-state index is 13.0. The van der Waals surface area contributed by atoms with Crippen LogP contribution >= 0.6 is 0 Å². The summed E-state index contributed by atoms with van der Waals surface area (Å²) in [7, 11) is -1.86. The monoisotopic (exact) mass is 233 g/mol. The summed E-state index contributed by atoms with van der Waals surface area (Å²) in [6, 6.07) is 1.27. The lowest BCUT2D eigenvalue weighted by atomic mass is 10.4. The van der Waals surface area contributed by atoms with Crippen LogP contribution in [-0.2, 0) is 10.0 Å². The molecule has 15 heavy (non-hydrogen) atoms. The van der Waals surface area contributed by atoms with Crippen LogP contribution in [0.3, 0.4) is 0 Å². The molecule has 1 aromatic heterocycles. The van der Waals surface area contributed by atoms with Crippen molar-refractivity contribution >= 4 is 15.7 Å². The molecule has 1 heterocycles. The topological polar surface area (TPSA) is 71.1 Å². The zero-order valence-corrected chi connectivity index (χ0v) is 9.01. The van der Waals surface area contributed by atoms with Crippen LogP contribution in [0.25, 0.3) is 0 Å².